The molecule has 1 aromatic carbocycles. The Morgan fingerprint density at radius 1 is 1.27 bits per heavy atom. The molecule has 134 valence electrons. The van der Waals surface area contributed by atoms with Crippen molar-refractivity contribution < 1.29 is 9.50 Å². The Labute approximate surface area is 151 Å². The summed E-state index contributed by atoms with van der Waals surface area (Å²) in [6.07, 6.45) is 1.74. The van der Waals surface area contributed by atoms with Crippen molar-refractivity contribution in [1.82, 2.24) is 15.5 Å². The van der Waals surface area contributed by atoms with Crippen molar-refractivity contribution in [3.8, 4) is 23.1 Å². The molecule has 2 aliphatic heterocycles. The van der Waals surface area contributed by atoms with Gasteiger partial charge in [0.2, 0.25) is 0 Å². The minimum absolute atomic E-state index is 0.0155. The molecule has 2 fully saturated rings. The van der Waals surface area contributed by atoms with Crippen molar-refractivity contribution >= 4 is 5.82 Å². The first-order chi connectivity index (χ1) is 12.6. The molecular formula is C19H20FN5O. The minimum Gasteiger partial charge on any atom is -0.507 e. The molecule has 4 atom stereocenters. The topological polar surface area (TPSA) is 85.1 Å². The maximum absolute atomic E-state index is 14.7. The van der Waals surface area contributed by atoms with E-state index in [2.05, 4.69) is 15.5 Å². The van der Waals surface area contributed by atoms with Crippen molar-refractivity contribution in [1.29, 1.82) is 5.26 Å². The van der Waals surface area contributed by atoms with Gasteiger partial charge in [0.1, 0.15) is 11.9 Å². The van der Waals surface area contributed by atoms with Crippen molar-refractivity contribution in [2.45, 2.75) is 43.6 Å². The number of rotatable bonds is 3. The van der Waals surface area contributed by atoms with Gasteiger partial charge in [0.25, 0.3) is 0 Å². The Morgan fingerprint density at radius 3 is 2.81 bits per heavy atom. The molecule has 0 saturated carbocycles. The van der Waals surface area contributed by atoms with Crippen LogP contribution in [0, 0.1) is 11.3 Å². The molecule has 6 nitrogen and oxygen atoms in total. The first-order valence-electron chi connectivity index (χ1n) is 8.77. The lowest BCUT2D eigenvalue weighted by Crippen LogP contribution is -2.55. The third-order valence-electron chi connectivity index (χ3n) is 5.47. The fraction of sp³-hybridized carbons (Fsp3) is 0.421. The second-order valence-electron chi connectivity index (χ2n) is 7.03. The number of piperidine rings is 1. The molecule has 2 aliphatic rings. The summed E-state index contributed by atoms with van der Waals surface area (Å²) in [5.74, 6) is 0.592. The number of hydrogen-bond acceptors (Lipinski definition) is 6. The van der Waals surface area contributed by atoms with E-state index >= 15 is 0 Å². The van der Waals surface area contributed by atoms with E-state index in [4.69, 9.17) is 5.26 Å². The van der Waals surface area contributed by atoms with Crippen LogP contribution in [-0.2, 0) is 0 Å². The lowest BCUT2D eigenvalue weighted by atomic mass is 9.96. The van der Waals surface area contributed by atoms with Gasteiger partial charge in [0.15, 0.2) is 5.82 Å². The van der Waals surface area contributed by atoms with Gasteiger partial charge in [0.05, 0.1) is 23.4 Å². The highest BCUT2D eigenvalue weighted by Crippen LogP contribution is 2.34. The molecule has 0 amide bonds. The first-order valence-corrected chi connectivity index (χ1v) is 8.77. The maximum Gasteiger partial charge on any atom is 0.151 e. The Kier molecular flexibility index (Phi) is 4.21. The third kappa shape index (κ3) is 2.86. The normalized spacial score (nSPS) is 27.1. The van der Waals surface area contributed by atoms with E-state index in [1.807, 2.05) is 18.0 Å². The van der Waals surface area contributed by atoms with E-state index in [9.17, 15) is 9.50 Å². The summed E-state index contributed by atoms with van der Waals surface area (Å²) in [7, 11) is 1.85. The molecule has 1 aromatic heterocycles. The molecule has 2 aromatic rings. The second kappa shape index (κ2) is 6.54. The van der Waals surface area contributed by atoms with Crippen LogP contribution in [0.25, 0.3) is 11.3 Å². The molecule has 2 N–H and O–H groups in total. The fourth-order valence-corrected chi connectivity index (χ4v) is 3.99. The number of aromatic nitrogens is 2. The summed E-state index contributed by atoms with van der Waals surface area (Å²) in [6, 6.07) is 10.3. The number of phenolic OH excluding ortho intramolecular Hbond substituents is 1. The zero-order chi connectivity index (χ0) is 18.3. The predicted molar refractivity (Wildman–Crippen MR) is 95.5 cm³/mol. The summed E-state index contributed by atoms with van der Waals surface area (Å²) in [5, 5.41) is 30.7. The van der Waals surface area contributed by atoms with E-state index < -0.39 is 6.17 Å². The number of hydrogen-bond donors (Lipinski definition) is 2. The molecule has 0 radical (unpaired) electrons. The summed E-state index contributed by atoms with van der Waals surface area (Å²) >= 11 is 0. The second-order valence-corrected chi connectivity index (χ2v) is 7.03. The monoisotopic (exact) mass is 353 g/mol. The number of aromatic hydroxyl groups is 1. The number of nitrogens with one attached hydrogen (secondary N) is 1. The summed E-state index contributed by atoms with van der Waals surface area (Å²) in [6.45, 7) is 0. The number of benzene rings is 1. The van der Waals surface area contributed by atoms with Gasteiger partial charge in [-0.3, -0.25) is 0 Å². The zero-order valence-electron chi connectivity index (χ0n) is 14.4. The van der Waals surface area contributed by atoms with Crippen LogP contribution in [0.5, 0.6) is 5.75 Å². The summed E-state index contributed by atoms with van der Waals surface area (Å²) < 4.78 is 14.7. The highest BCUT2D eigenvalue weighted by atomic mass is 19.1. The van der Waals surface area contributed by atoms with E-state index in [1.165, 1.54) is 6.07 Å². The van der Waals surface area contributed by atoms with E-state index in [0.29, 0.717) is 28.7 Å². The Morgan fingerprint density at radius 2 is 2.12 bits per heavy atom. The van der Waals surface area contributed by atoms with Crippen LogP contribution in [0.4, 0.5) is 10.2 Å². The quantitative estimate of drug-likeness (QED) is 0.881. The van der Waals surface area contributed by atoms with Crippen LogP contribution in [0.15, 0.2) is 30.3 Å². The SMILES string of the molecule is CN(c1ccc(-c2ccc(C#N)cc2O)nn1)[C@H]1CC2CCC(N2)[C@H]1F. The lowest BCUT2D eigenvalue weighted by molar-refractivity contribution is 0.176. The van der Waals surface area contributed by atoms with E-state index in [1.54, 1.807) is 24.3 Å². The number of halogens is 1. The average molecular weight is 353 g/mol. The van der Waals surface area contributed by atoms with Gasteiger partial charge in [-0.2, -0.15) is 5.26 Å². The number of phenols is 1. The molecule has 26 heavy (non-hydrogen) atoms. The van der Waals surface area contributed by atoms with Crippen LogP contribution < -0.4 is 10.2 Å². The fourth-order valence-electron chi connectivity index (χ4n) is 3.99. The highest BCUT2D eigenvalue weighted by Gasteiger charge is 2.43. The zero-order valence-corrected chi connectivity index (χ0v) is 14.4. The molecular weight excluding hydrogens is 333 g/mol. The number of nitrogens with zero attached hydrogens (tertiary/aromatic N) is 4. The lowest BCUT2D eigenvalue weighted by Gasteiger charge is -2.38. The number of anilines is 1. The number of nitriles is 1. The molecule has 2 saturated heterocycles. The van der Waals surface area contributed by atoms with Gasteiger partial charge in [-0.05, 0) is 49.6 Å². The van der Waals surface area contributed by atoms with Gasteiger partial charge in [-0.1, -0.05) is 0 Å². The predicted octanol–water partition coefficient (Wildman–Crippen LogP) is 2.39. The van der Waals surface area contributed by atoms with Crippen molar-refractivity contribution in [3.05, 3.63) is 35.9 Å². The van der Waals surface area contributed by atoms with Gasteiger partial charge in [-0.15, -0.1) is 10.2 Å². The Hall–Kier alpha value is -2.72. The Bertz CT molecular complexity index is 850. The summed E-state index contributed by atoms with van der Waals surface area (Å²) in [5.41, 5.74) is 1.39. The van der Waals surface area contributed by atoms with Crippen molar-refractivity contribution in [2.24, 2.45) is 0 Å². The maximum atomic E-state index is 14.7. The van der Waals surface area contributed by atoms with Gasteiger partial charge in [0, 0.05) is 24.7 Å². The standard InChI is InChI=1S/C19H20FN5O/c1-25(16-9-12-3-5-15(22-12)19(16)20)18-7-6-14(23-24-18)13-4-2-11(10-21)8-17(13)26/h2,4,6-8,12,15-16,19,22,26H,3,5,9H2,1H3/t12?,15?,16-,19+/m0/s1. The van der Waals surface area contributed by atoms with Crippen molar-refractivity contribution in [3.63, 3.8) is 0 Å². The Balaban J connectivity index is 1.55. The summed E-state index contributed by atoms with van der Waals surface area (Å²) in [4.78, 5) is 1.87. The van der Waals surface area contributed by atoms with Gasteiger partial charge in [-0.25, -0.2) is 4.39 Å². The number of alkyl halides is 1. The molecule has 7 heteroatoms. The molecule has 4 rings (SSSR count). The van der Waals surface area contributed by atoms with Crippen LogP contribution in [-0.4, -0.2) is 46.6 Å². The van der Waals surface area contributed by atoms with Crippen LogP contribution in [0.1, 0.15) is 24.8 Å². The van der Waals surface area contributed by atoms with E-state index in [0.717, 1.165) is 19.3 Å². The molecule has 2 unspecified atom stereocenters. The van der Waals surface area contributed by atoms with Gasteiger partial charge >= 0.3 is 0 Å². The highest BCUT2D eigenvalue weighted by molar-refractivity contribution is 5.68. The molecule has 0 aliphatic carbocycles. The largest absolute Gasteiger partial charge is 0.507 e. The van der Waals surface area contributed by atoms with Crippen LogP contribution >= 0.6 is 0 Å². The number of fused-ring (bicyclic) bond motifs is 2. The average Bonchev–Trinajstić information content (AvgIpc) is 3.08. The van der Waals surface area contributed by atoms with Gasteiger partial charge < -0.3 is 15.3 Å². The smallest absolute Gasteiger partial charge is 0.151 e. The van der Waals surface area contributed by atoms with E-state index in [-0.39, 0.29) is 17.8 Å². The molecule has 0 spiro atoms. The van der Waals surface area contributed by atoms with Crippen molar-refractivity contribution in [2.75, 3.05) is 11.9 Å². The minimum atomic E-state index is -0.928. The molecule has 2 bridgehead atoms. The third-order valence-corrected chi connectivity index (χ3v) is 5.47. The first kappa shape index (κ1) is 16.7. The van der Waals surface area contributed by atoms with Crippen LogP contribution in [0.2, 0.25) is 0 Å². The molecule has 3 heterocycles. The van der Waals surface area contributed by atoms with Crippen LogP contribution in [0.3, 0.4) is 0 Å².